The van der Waals surface area contributed by atoms with Crippen molar-refractivity contribution in [2.24, 2.45) is 0 Å². The predicted molar refractivity (Wildman–Crippen MR) is 88.0 cm³/mol. The van der Waals surface area contributed by atoms with E-state index in [-0.39, 0.29) is 0 Å². The molecule has 0 saturated heterocycles. The number of nitrogens with one attached hydrogen (secondary N) is 1. The summed E-state index contributed by atoms with van der Waals surface area (Å²) in [5.41, 5.74) is 2.62. The van der Waals surface area contributed by atoms with Gasteiger partial charge in [0.1, 0.15) is 0 Å². The largest absolute Gasteiger partial charge is 0.378 e. The summed E-state index contributed by atoms with van der Waals surface area (Å²) in [6, 6.07) is 6.52. The third kappa shape index (κ3) is 5.55. The average Bonchev–Trinajstić information content (AvgIpc) is 2.46. The van der Waals surface area contributed by atoms with Gasteiger partial charge in [0.05, 0.1) is 6.10 Å². The molecule has 1 fully saturated rings. The first-order valence-electron chi connectivity index (χ1n) is 7.83. The van der Waals surface area contributed by atoms with Gasteiger partial charge >= 0.3 is 0 Å². The van der Waals surface area contributed by atoms with Crippen LogP contribution in [0.25, 0.3) is 0 Å². The fourth-order valence-corrected chi connectivity index (χ4v) is 3.33. The maximum Gasteiger partial charge on any atom is 0.0575 e. The fraction of sp³-hybridized carbons (Fsp3) is 0.647. The van der Waals surface area contributed by atoms with Gasteiger partial charge in [0.2, 0.25) is 0 Å². The van der Waals surface area contributed by atoms with Crippen molar-refractivity contribution in [3.63, 3.8) is 0 Å². The minimum atomic E-state index is 0.537. The molecule has 112 valence electrons. The zero-order valence-corrected chi connectivity index (χ0v) is 14.0. The molecule has 3 heteroatoms. The van der Waals surface area contributed by atoms with Crippen molar-refractivity contribution in [1.29, 1.82) is 0 Å². The molecule has 1 saturated carbocycles. The molecule has 2 nitrogen and oxygen atoms in total. The number of hydrogen-bond donors (Lipinski definition) is 1. The van der Waals surface area contributed by atoms with Crippen LogP contribution in [0.5, 0.6) is 0 Å². The van der Waals surface area contributed by atoms with Crippen molar-refractivity contribution in [3.05, 3.63) is 33.8 Å². The first-order valence-corrected chi connectivity index (χ1v) is 8.62. The molecule has 0 amide bonds. The van der Waals surface area contributed by atoms with Crippen molar-refractivity contribution in [2.45, 2.75) is 58.1 Å². The van der Waals surface area contributed by atoms with Crippen LogP contribution in [-0.4, -0.2) is 19.3 Å². The van der Waals surface area contributed by atoms with E-state index in [0.717, 1.165) is 26.1 Å². The van der Waals surface area contributed by atoms with Crippen LogP contribution in [0, 0.1) is 6.92 Å². The van der Waals surface area contributed by atoms with Crippen molar-refractivity contribution in [1.82, 2.24) is 5.32 Å². The summed E-state index contributed by atoms with van der Waals surface area (Å²) in [7, 11) is 0. The summed E-state index contributed by atoms with van der Waals surface area (Å²) >= 11 is 3.62. The van der Waals surface area contributed by atoms with Gasteiger partial charge in [0.25, 0.3) is 0 Å². The lowest BCUT2D eigenvalue weighted by Crippen LogP contribution is -2.20. The van der Waals surface area contributed by atoms with Crippen LogP contribution < -0.4 is 5.32 Å². The maximum atomic E-state index is 5.93. The Morgan fingerprint density at radius 3 is 2.80 bits per heavy atom. The lowest BCUT2D eigenvalue weighted by molar-refractivity contribution is 0.0273. The lowest BCUT2D eigenvalue weighted by atomic mass is 9.98. The van der Waals surface area contributed by atoms with E-state index in [1.807, 2.05) is 0 Å². The average molecular weight is 340 g/mol. The van der Waals surface area contributed by atoms with Gasteiger partial charge in [0, 0.05) is 17.6 Å². The predicted octanol–water partition coefficient (Wildman–Crippen LogP) is 4.59. The Kier molecular flexibility index (Phi) is 7.05. The molecule has 20 heavy (non-hydrogen) atoms. The van der Waals surface area contributed by atoms with Gasteiger partial charge in [-0.1, -0.05) is 47.3 Å². The highest BCUT2D eigenvalue weighted by Gasteiger charge is 2.12. The van der Waals surface area contributed by atoms with E-state index in [4.69, 9.17) is 4.74 Å². The summed E-state index contributed by atoms with van der Waals surface area (Å²) in [5.74, 6) is 0. The van der Waals surface area contributed by atoms with E-state index in [9.17, 15) is 0 Å². The van der Waals surface area contributed by atoms with E-state index in [0.29, 0.717) is 6.10 Å². The van der Waals surface area contributed by atoms with Crippen molar-refractivity contribution < 1.29 is 4.74 Å². The number of benzene rings is 1. The second kappa shape index (κ2) is 8.81. The van der Waals surface area contributed by atoms with Crippen LogP contribution in [0.4, 0.5) is 0 Å². The Morgan fingerprint density at radius 2 is 2.05 bits per heavy atom. The van der Waals surface area contributed by atoms with Crippen LogP contribution in [0.3, 0.4) is 0 Å². The quantitative estimate of drug-likeness (QED) is 0.733. The molecule has 1 N–H and O–H groups in total. The molecule has 1 aromatic rings. The molecule has 0 aliphatic heterocycles. The fourth-order valence-electron chi connectivity index (χ4n) is 2.70. The summed E-state index contributed by atoms with van der Waals surface area (Å²) in [6.45, 7) is 4.95. The van der Waals surface area contributed by atoms with Crippen LogP contribution in [0.1, 0.15) is 49.7 Å². The number of rotatable bonds is 7. The highest BCUT2D eigenvalue weighted by atomic mass is 79.9. The second-order valence-corrected chi connectivity index (χ2v) is 6.61. The molecular formula is C17H26BrNO. The topological polar surface area (TPSA) is 21.3 Å². The van der Waals surface area contributed by atoms with Gasteiger partial charge in [-0.2, -0.15) is 0 Å². The Labute approximate surface area is 131 Å². The Morgan fingerprint density at radius 1 is 1.25 bits per heavy atom. The minimum Gasteiger partial charge on any atom is -0.378 e. The Hall–Kier alpha value is -0.380. The van der Waals surface area contributed by atoms with Gasteiger partial charge in [-0.05, 0) is 49.9 Å². The molecule has 0 aromatic heterocycles. The molecule has 1 aliphatic rings. The van der Waals surface area contributed by atoms with Gasteiger partial charge in [-0.3, -0.25) is 0 Å². The molecule has 0 unspecified atom stereocenters. The number of hydrogen-bond acceptors (Lipinski definition) is 2. The first-order chi connectivity index (χ1) is 9.75. The minimum absolute atomic E-state index is 0.537. The number of halogens is 1. The summed E-state index contributed by atoms with van der Waals surface area (Å²) in [5, 5.41) is 3.49. The zero-order chi connectivity index (χ0) is 14.2. The van der Waals surface area contributed by atoms with Gasteiger partial charge in [0.15, 0.2) is 0 Å². The smallest absolute Gasteiger partial charge is 0.0575 e. The van der Waals surface area contributed by atoms with E-state index in [1.165, 1.54) is 47.7 Å². The first kappa shape index (κ1) is 16.0. The summed E-state index contributed by atoms with van der Waals surface area (Å²) in [6.07, 6.45) is 8.27. The van der Waals surface area contributed by atoms with Gasteiger partial charge < -0.3 is 10.1 Å². The second-order valence-electron chi connectivity index (χ2n) is 5.76. The molecular weight excluding hydrogens is 314 g/mol. The number of aryl methyl sites for hydroxylation is 1. The van der Waals surface area contributed by atoms with Crippen LogP contribution in [-0.2, 0) is 11.3 Å². The molecule has 1 aliphatic carbocycles. The Bertz CT molecular complexity index is 402. The van der Waals surface area contributed by atoms with Crippen molar-refractivity contribution >= 4 is 15.9 Å². The maximum absolute atomic E-state index is 5.93. The highest BCUT2D eigenvalue weighted by molar-refractivity contribution is 9.10. The monoisotopic (exact) mass is 339 g/mol. The van der Waals surface area contributed by atoms with E-state index >= 15 is 0 Å². The SMILES string of the molecule is Cc1ccc(CNCCCOC2CCCCC2)c(Br)c1. The zero-order valence-electron chi connectivity index (χ0n) is 12.5. The molecule has 0 spiro atoms. The molecule has 0 bridgehead atoms. The van der Waals surface area contributed by atoms with E-state index in [1.54, 1.807) is 0 Å². The molecule has 0 radical (unpaired) electrons. The van der Waals surface area contributed by atoms with Crippen LogP contribution in [0.2, 0.25) is 0 Å². The molecule has 0 atom stereocenters. The molecule has 0 heterocycles. The van der Waals surface area contributed by atoms with Crippen molar-refractivity contribution in [2.75, 3.05) is 13.2 Å². The number of ether oxygens (including phenoxy) is 1. The third-order valence-corrected chi connectivity index (χ3v) is 4.67. The van der Waals surface area contributed by atoms with Gasteiger partial charge in [-0.25, -0.2) is 0 Å². The van der Waals surface area contributed by atoms with Crippen molar-refractivity contribution in [3.8, 4) is 0 Å². The molecule has 1 aromatic carbocycles. The normalized spacial score (nSPS) is 16.5. The van der Waals surface area contributed by atoms with Gasteiger partial charge in [-0.15, -0.1) is 0 Å². The highest BCUT2D eigenvalue weighted by Crippen LogP contribution is 2.20. The Balaban J connectivity index is 1.55. The lowest BCUT2D eigenvalue weighted by Gasteiger charge is -2.21. The molecule has 2 rings (SSSR count). The van der Waals surface area contributed by atoms with Crippen LogP contribution >= 0.6 is 15.9 Å². The summed E-state index contributed by atoms with van der Waals surface area (Å²) < 4.78 is 7.12. The standard InChI is InChI=1S/C17H26BrNO/c1-14-8-9-15(17(18)12-14)13-19-10-5-11-20-16-6-3-2-4-7-16/h8-9,12,16,19H,2-7,10-11,13H2,1H3. The van der Waals surface area contributed by atoms with E-state index < -0.39 is 0 Å². The van der Waals surface area contributed by atoms with Crippen LogP contribution in [0.15, 0.2) is 22.7 Å². The van der Waals surface area contributed by atoms with E-state index in [2.05, 4.69) is 46.4 Å². The summed E-state index contributed by atoms with van der Waals surface area (Å²) in [4.78, 5) is 0. The third-order valence-electron chi connectivity index (χ3n) is 3.93.